The Morgan fingerprint density at radius 1 is 1.10 bits per heavy atom. The highest BCUT2D eigenvalue weighted by molar-refractivity contribution is 6.04. The molecule has 0 amide bonds. The van der Waals surface area contributed by atoms with Crippen LogP contribution in [0.5, 0.6) is 5.75 Å². The third-order valence-electron chi connectivity index (χ3n) is 5.40. The number of aromatic nitrogens is 6. The van der Waals surface area contributed by atoms with Gasteiger partial charge in [-0.1, -0.05) is 16.4 Å². The van der Waals surface area contributed by atoms with Gasteiger partial charge in [-0.25, -0.2) is 4.68 Å². The second kappa shape index (κ2) is 6.91. The highest BCUT2D eigenvalue weighted by atomic mass is 16.5. The Morgan fingerprint density at radius 3 is 2.67 bits per heavy atom. The summed E-state index contributed by atoms with van der Waals surface area (Å²) in [6.07, 6.45) is 3.53. The SMILES string of the molecule is COc1cc2c(cc1-c1c(C)noc1C)ncc1nnn([C@H](C)c3ccccn3)c12. The lowest BCUT2D eigenvalue weighted by Crippen LogP contribution is -2.10. The number of benzene rings is 1. The maximum atomic E-state index is 5.74. The molecule has 4 heterocycles. The van der Waals surface area contributed by atoms with Gasteiger partial charge in [0.1, 0.15) is 22.5 Å². The van der Waals surface area contributed by atoms with Gasteiger partial charge in [0.15, 0.2) is 0 Å². The topological polar surface area (TPSA) is 91.8 Å². The molecule has 0 saturated carbocycles. The molecule has 8 heteroatoms. The van der Waals surface area contributed by atoms with Crippen molar-refractivity contribution in [2.24, 2.45) is 0 Å². The van der Waals surface area contributed by atoms with E-state index in [4.69, 9.17) is 9.26 Å². The molecule has 5 rings (SSSR count). The normalized spacial score (nSPS) is 12.5. The minimum atomic E-state index is -0.0879. The van der Waals surface area contributed by atoms with E-state index in [0.29, 0.717) is 5.75 Å². The smallest absolute Gasteiger partial charge is 0.141 e. The maximum absolute atomic E-state index is 5.74. The molecule has 0 N–H and O–H groups in total. The summed E-state index contributed by atoms with van der Waals surface area (Å²) in [5.74, 6) is 1.45. The number of aryl methyl sites for hydroxylation is 2. The molecule has 30 heavy (non-hydrogen) atoms. The first-order valence-electron chi connectivity index (χ1n) is 9.64. The van der Waals surface area contributed by atoms with E-state index in [1.165, 1.54) is 0 Å². The highest BCUT2D eigenvalue weighted by Gasteiger charge is 2.21. The van der Waals surface area contributed by atoms with Crippen LogP contribution in [-0.2, 0) is 0 Å². The first-order chi connectivity index (χ1) is 14.6. The van der Waals surface area contributed by atoms with Crippen molar-refractivity contribution in [1.82, 2.24) is 30.1 Å². The van der Waals surface area contributed by atoms with Crippen LogP contribution in [0, 0.1) is 13.8 Å². The quantitative estimate of drug-likeness (QED) is 0.445. The molecule has 1 aromatic carbocycles. The molecule has 0 aliphatic carbocycles. The minimum Gasteiger partial charge on any atom is -0.496 e. The Labute approximate surface area is 172 Å². The van der Waals surface area contributed by atoms with Gasteiger partial charge < -0.3 is 9.26 Å². The van der Waals surface area contributed by atoms with Crippen molar-refractivity contribution >= 4 is 21.9 Å². The van der Waals surface area contributed by atoms with Crippen molar-refractivity contribution in [2.75, 3.05) is 7.11 Å². The minimum absolute atomic E-state index is 0.0879. The van der Waals surface area contributed by atoms with Gasteiger partial charge >= 0.3 is 0 Å². The van der Waals surface area contributed by atoms with Gasteiger partial charge in [-0.15, -0.1) is 5.10 Å². The Bertz CT molecular complexity index is 1350. The van der Waals surface area contributed by atoms with E-state index < -0.39 is 0 Å². The molecule has 8 nitrogen and oxygen atoms in total. The number of hydrogen-bond acceptors (Lipinski definition) is 7. The molecule has 5 aromatic rings. The summed E-state index contributed by atoms with van der Waals surface area (Å²) in [6, 6.07) is 9.75. The zero-order valence-corrected chi connectivity index (χ0v) is 17.1. The van der Waals surface area contributed by atoms with Crippen molar-refractivity contribution in [1.29, 1.82) is 0 Å². The lowest BCUT2D eigenvalue weighted by Gasteiger charge is -2.14. The molecule has 150 valence electrons. The molecular weight excluding hydrogens is 380 g/mol. The molecule has 0 fully saturated rings. The number of rotatable bonds is 4. The summed E-state index contributed by atoms with van der Waals surface area (Å²) in [7, 11) is 1.66. The molecule has 0 saturated heterocycles. The molecule has 0 aliphatic rings. The van der Waals surface area contributed by atoms with Crippen molar-refractivity contribution in [2.45, 2.75) is 26.8 Å². The van der Waals surface area contributed by atoms with Crippen LogP contribution >= 0.6 is 0 Å². The van der Waals surface area contributed by atoms with Gasteiger partial charge in [-0.2, -0.15) is 0 Å². The van der Waals surface area contributed by atoms with Gasteiger partial charge in [0, 0.05) is 17.1 Å². The molecule has 0 aliphatic heterocycles. The number of fused-ring (bicyclic) bond motifs is 3. The molecule has 0 radical (unpaired) electrons. The van der Waals surface area contributed by atoms with Crippen LogP contribution < -0.4 is 4.74 Å². The molecule has 0 spiro atoms. The summed E-state index contributed by atoms with van der Waals surface area (Å²) < 4.78 is 13.0. The van der Waals surface area contributed by atoms with Crippen LogP contribution in [0.25, 0.3) is 33.1 Å². The Kier molecular flexibility index (Phi) is 4.20. The van der Waals surface area contributed by atoms with Crippen LogP contribution in [0.3, 0.4) is 0 Å². The lowest BCUT2D eigenvalue weighted by molar-refractivity contribution is 0.393. The van der Waals surface area contributed by atoms with Crippen molar-refractivity contribution in [3.8, 4) is 16.9 Å². The Balaban J connectivity index is 1.77. The van der Waals surface area contributed by atoms with E-state index in [2.05, 4.69) is 32.4 Å². The van der Waals surface area contributed by atoms with E-state index in [-0.39, 0.29) is 6.04 Å². The number of pyridine rings is 2. The van der Waals surface area contributed by atoms with Crippen molar-refractivity contribution in [3.63, 3.8) is 0 Å². The first kappa shape index (κ1) is 18.2. The van der Waals surface area contributed by atoms with Crippen LogP contribution in [-0.4, -0.2) is 37.2 Å². The Morgan fingerprint density at radius 2 is 1.97 bits per heavy atom. The van der Waals surface area contributed by atoms with Gasteiger partial charge in [-0.3, -0.25) is 9.97 Å². The first-order valence-corrected chi connectivity index (χ1v) is 9.64. The van der Waals surface area contributed by atoms with Crippen LogP contribution in [0.1, 0.15) is 30.1 Å². The summed E-state index contributed by atoms with van der Waals surface area (Å²) >= 11 is 0. The lowest BCUT2D eigenvalue weighted by atomic mass is 10.0. The Hall–Kier alpha value is -3.81. The highest BCUT2D eigenvalue weighted by Crippen LogP contribution is 2.39. The summed E-state index contributed by atoms with van der Waals surface area (Å²) in [5.41, 5.74) is 5.96. The van der Waals surface area contributed by atoms with Gasteiger partial charge in [0.2, 0.25) is 0 Å². The molecule has 0 unspecified atom stereocenters. The standard InChI is InChI=1S/C22H20N6O2/c1-12-21(14(3)30-26-12)16-9-18-15(10-20(16)29-4)22-19(11-24-18)25-27-28(22)13(2)17-7-5-6-8-23-17/h5-11,13H,1-4H3/t13-/m1/s1. The van der Waals surface area contributed by atoms with E-state index in [9.17, 15) is 0 Å². The van der Waals surface area contributed by atoms with E-state index in [1.807, 2.05) is 48.9 Å². The predicted octanol–water partition coefficient (Wildman–Crippen LogP) is 4.26. The average Bonchev–Trinajstić information content (AvgIpc) is 3.36. The largest absolute Gasteiger partial charge is 0.496 e. The number of methoxy groups -OCH3 is 1. The van der Waals surface area contributed by atoms with Crippen LogP contribution in [0.2, 0.25) is 0 Å². The summed E-state index contributed by atoms with van der Waals surface area (Å²) in [5, 5.41) is 13.7. The molecule has 4 aromatic heterocycles. The predicted molar refractivity (Wildman–Crippen MR) is 112 cm³/mol. The van der Waals surface area contributed by atoms with Crippen molar-refractivity contribution in [3.05, 3.63) is 59.9 Å². The van der Waals surface area contributed by atoms with E-state index >= 15 is 0 Å². The average molecular weight is 400 g/mol. The van der Waals surface area contributed by atoms with Gasteiger partial charge in [0.25, 0.3) is 0 Å². The van der Waals surface area contributed by atoms with Crippen LogP contribution in [0.4, 0.5) is 0 Å². The maximum Gasteiger partial charge on any atom is 0.141 e. The number of hydrogen-bond donors (Lipinski definition) is 0. The molecular formula is C22H20N6O2. The zero-order valence-electron chi connectivity index (χ0n) is 17.1. The monoisotopic (exact) mass is 400 g/mol. The fourth-order valence-corrected chi connectivity index (χ4v) is 3.90. The summed E-state index contributed by atoms with van der Waals surface area (Å²) in [4.78, 5) is 9.10. The fourth-order valence-electron chi connectivity index (χ4n) is 3.90. The third kappa shape index (κ3) is 2.72. The van der Waals surface area contributed by atoms with Gasteiger partial charge in [-0.05, 0) is 45.0 Å². The third-order valence-corrected chi connectivity index (χ3v) is 5.40. The second-order valence-corrected chi connectivity index (χ2v) is 7.23. The van der Waals surface area contributed by atoms with E-state index in [1.54, 1.807) is 19.5 Å². The number of nitrogens with zero attached hydrogens (tertiary/aromatic N) is 6. The fraction of sp³-hybridized carbons (Fsp3) is 0.227. The molecule has 0 bridgehead atoms. The molecule has 1 atom stereocenters. The van der Waals surface area contributed by atoms with Crippen molar-refractivity contribution < 1.29 is 9.26 Å². The zero-order chi connectivity index (χ0) is 20.8. The number of ether oxygens (including phenoxy) is 1. The summed E-state index contributed by atoms with van der Waals surface area (Å²) in [6.45, 7) is 5.86. The van der Waals surface area contributed by atoms with E-state index in [0.717, 1.165) is 50.2 Å². The van der Waals surface area contributed by atoms with Gasteiger partial charge in [0.05, 0.1) is 41.8 Å². The van der Waals surface area contributed by atoms with Crippen LogP contribution in [0.15, 0.2) is 47.2 Å². The second-order valence-electron chi connectivity index (χ2n) is 7.23.